The van der Waals surface area contributed by atoms with E-state index < -0.39 is 0 Å². The normalized spacial score (nSPS) is 10.5. The van der Waals surface area contributed by atoms with E-state index in [2.05, 4.69) is 60.0 Å². The number of hydrogen-bond donors (Lipinski definition) is 1. The number of nitrogens with zero attached hydrogens (tertiary/aromatic N) is 2. The molecule has 0 unspecified atom stereocenters. The van der Waals surface area contributed by atoms with Crippen molar-refractivity contribution in [2.24, 2.45) is 0 Å². The quantitative estimate of drug-likeness (QED) is 0.684. The zero-order valence-corrected chi connectivity index (χ0v) is 13.9. The number of anilines is 1. The lowest BCUT2D eigenvalue weighted by atomic mass is 10.3. The molecular weight excluding hydrogens is 463 g/mol. The number of rotatable bonds is 4. The van der Waals surface area contributed by atoms with Gasteiger partial charge in [0.2, 0.25) is 0 Å². The van der Waals surface area contributed by atoms with E-state index in [1.54, 1.807) is 0 Å². The van der Waals surface area contributed by atoms with E-state index in [1.807, 2.05) is 30.6 Å². The van der Waals surface area contributed by atoms with Gasteiger partial charge in [0.25, 0.3) is 0 Å². The molecule has 0 spiro atoms. The molecule has 90 valence electrons. The monoisotopic (exact) mass is 473 g/mol. The number of benzene rings is 1. The Bertz CT molecular complexity index is 513. The summed E-state index contributed by atoms with van der Waals surface area (Å²) in [5.41, 5.74) is 1.04. The first-order chi connectivity index (χ1) is 8.16. The Labute approximate surface area is 132 Å². The fraction of sp³-hybridized carbons (Fsp3) is 0.182. The Hall–Kier alpha value is -0.0200. The van der Waals surface area contributed by atoms with Crippen molar-refractivity contribution in [2.45, 2.75) is 6.54 Å². The lowest BCUT2D eigenvalue weighted by molar-refractivity contribution is 0.711. The Morgan fingerprint density at radius 2 is 2.18 bits per heavy atom. The van der Waals surface area contributed by atoms with Crippen LogP contribution >= 0.6 is 56.8 Å². The molecule has 0 bridgehead atoms. The third-order valence-corrected chi connectivity index (χ3v) is 5.43. The molecule has 0 aliphatic carbocycles. The second-order valence-electron chi connectivity index (χ2n) is 3.46. The van der Waals surface area contributed by atoms with Crippen molar-refractivity contribution in [3.63, 3.8) is 0 Å². The number of aromatic nitrogens is 2. The summed E-state index contributed by atoms with van der Waals surface area (Å²) in [5, 5.41) is 4.08. The predicted octanol–water partition coefficient (Wildman–Crippen LogP) is 3.86. The first-order valence-corrected chi connectivity index (χ1v) is 7.56. The molecule has 17 heavy (non-hydrogen) atoms. The second kappa shape index (κ2) is 6.24. The molecule has 0 atom stereocenters. The average molecular weight is 473 g/mol. The van der Waals surface area contributed by atoms with Gasteiger partial charge in [-0.2, -0.15) is 0 Å². The molecule has 0 radical (unpaired) electrons. The van der Waals surface area contributed by atoms with Crippen LogP contribution < -0.4 is 5.32 Å². The SMILES string of the molecule is Clc1cccc(NCCn2cnc(I)c2I)c1. The predicted molar refractivity (Wildman–Crippen MR) is 87.6 cm³/mol. The van der Waals surface area contributed by atoms with Gasteiger partial charge >= 0.3 is 0 Å². The van der Waals surface area contributed by atoms with Crippen molar-refractivity contribution in [3.05, 3.63) is 43.0 Å². The van der Waals surface area contributed by atoms with Gasteiger partial charge in [-0.05, 0) is 63.4 Å². The van der Waals surface area contributed by atoms with Crippen LogP contribution in [0.15, 0.2) is 30.6 Å². The Balaban J connectivity index is 1.90. The minimum atomic E-state index is 0.752. The van der Waals surface area contributed by atoms with Crippen LogP contribution in [0.2, 0.25) is 5.02 Å². The molecular formula is C11H10ClI2N3. The number of halogens is 3. The highest BCUT2D eigenvalue weighted by molar-refractivity contribution is 14.1. The van der Waals surface area contributed by atoms with E-state index in [-0.39, 0.29) is 0 Å². The Morgan fingerprint density at radius 1 is 1.35 bits per heavy atom. The van der Waals surface area contributed by atoms with E-state index in [1.165, 1.54) is 3.70 Å². The molecule has 0 fully saturated rings. The van der Waals surface area contributed by atoms with E-state index in [9.17, 15) is 0 Å². The minimum Gasteiger partial charge on any atom is -0.383 e. The summed E-state index contributed by atoms with van der Waals surface area (Å²) >= 11 is 10.5. The zero-order chi connectivity index (χ0) is 12.3. The van der Waals surface area contributed by atoms with Gasteiger partial charge < -0.3 is 9.88 Å². The molecule has 2 rings (SSSR count). The van der Waals surface area contributed by atoms with Crippen LogP contribution in [0.5, 0.6) is 0 Å². The highest BCUT2D eigenvalue weighted by atomic mass is 127. The molecule has 6 heteroatoms. The van der Waals surface area contributed by atoms with Crippen molar-refractivity contribution in [1.29, 1.82) is 0 Å². The largest absolute Gasteiger partial charge is 0.383 e. The lowest BCUT2D eigenvalue weighted by Gasteiger charge is -2.08. The topological polar surface area (TPSA) is 29.9 Å². The fourth-order valence-electron chi connectivity index (χ4n) is 1.42. The summed E-state index contributed by atoms with van der Waals surface area (Å²) < 4.78 is 4.35. The number of imidazole rings is 1. The van der Waals surface area contributed by atoms with Gasteiger partial charge in [-0.15, -0.1) is 0 Å². The lowest BCUT2D eigenvalue weighted by Crippen LogP contribution is -2.11. The van der Waals surface area contributed by atoms with Crippen LogP contribution in [0.1, 0.15) is 0 Å². The summed E-state index contributed by atoms with van der Waals surface area (Å²) in [4.78, 5) is 4.25. The summed E-state index contributed by atoms with van der Waals surface area (Å²) in [7, 11) is 0. The summed E-state index contributed by atoms with van der Waals surface area (Å²) in [6.45, 7) is 1.74. The van der Waals surface area contributed by atoms with E-state index >= 15 is 0 Å². The van der Waals surface area contributed by atoms with Gasteiger partial charge in [0.05, 0.1) is 6.33 Å². The second-order valence-corrected chi connectivity index (χ2v) is 5.94. The molecule has 1 aromatic heterocycles. The summed E-state index contributed by atoms with van der Waals surface area (Å²) in [6, 6.07) is 7.74. The number of nitrogens with one attached hydrogen (secondary N) is 1. The van der Waals surface area contributed by atoms with Crippen LogP contribution in [-0.2, 0) is 6.54 Å². The van der Waals surface area contributed by atoms with Crippen molar-refractivity contribution < 1.29 is 0 Å². The molecule has 0 amide bonds. The van der Waals surface area contributed by atoms with Crippen LogP contribution in [0.25, 0.3) is 0 Å². The van der Waals surface area contributed by atoms with Gasteiger partial charge in [-0.3, -0.25) is 0 Å². The Kier molecular flexibility index (Phi) is 4.92. The number of hydrogen-bond acceptors (Lipinski definition) is 2. The minimum absolute atomic E-state index is 0.752. The van der Waals surface area contributed by atoms with Crippen molar-refractivity contribution in [3.8, 4) is 0 Å². The molecule has 1 N–H and O–H groups in total. The maximum absolute atomic E-state index is 5.91. The van der Waals surface area contributed by atoms with Crippen LogP contribution in [0.4, 0.5) is 5.69 Å². The molecule has 0 saturated heterocycles. The zero-order valence-electron chi connectivity index (χ0n) is 8.83. The van der Waals surface area contributed by atoms with E-state index in [4.69, 9.17) is 11.6 Å². The van der Waals surface area contributed by atoms with Crippen LogP contribution in [-0.4, -0.2) is 16.1 Å². The fourth-order valence-corrected chi connectivity index (χ4v) is 2.55. The van der Waals surface area contributed by atoms with Crippen LogP contribution in [0.3, 0.4) is 0 Å². The third-order valence-electron chi connectivity index (χ3n) is 2.24. The maximum atomic E-state index is 5.91. The molecule has 0 aliphatic heterocycles. The first-order valence-electron chi connectivity index (χ1n) is 5.02. The van der Waals surface area contributed by atoms with Gasteiger partial charge in [-0.25, -0.2) is 4.98 Å². The van der Waals surface area contributed by atoms with Gasteiger partial charge in [0.1, 0.15) is 7.40 Å². The van der Waals surface area contributed by atoms with Crippen molar-refractivity contribution in [2.75, 3.05) is 11.9 Å². The molecule has 2 aromatic rings. The van der Waals surface area contributed by atoms with E-state index in [0.717, 1.165) is 27.5 Å². The Morgan fingerprint density at radius 3 is 2.82 bits per heavy atom. The smallest absolute Gasteiger partial charge is 0.132 e. The standard InChI is InChI=1S/C11H10ClI2N3/c12-8-2-1-3-9(6-8)15-4-5-17-7-16-10(13)11(17)14/h1-3,6-7,15H,4-5H2. The third kappa shape index (κ3) is 3.72. The molecule has 1 aromatic carbocycles. The average Bonchev–Trinajstić information content (AvgIpc) is 2.61. The molecule has 0 aliphatic rings. The summed E-state index contributed by atoms with van der Waals surface area (Å²) in [6.07, 6.45) is 1.86. The van der Waals surface area contributed by atoms with Crippen molar-refractivity contribution in [1.82, 2.24) is 9.55 Å². The first kappa shape index (κ1) is 13.4. The maximum Gasteiger partial charge on any atom is 0.132 e. The highest BCUT2D eigenvalue weighted by Gasteiger charge is 2.03. The molecule has 3 nitrogen and oxygen atoms in total. The highest BCUT2D eigenvalue weighted by Crippen LogP contribution is 2.15. The molecule has 1 heterocycles. The molecule has 0 saturated carbocycles. The van der Waals surface area contributed by atoms with Gasteiger partial charge in [0, 0.05) is 23.8 Å². The van der Waals surface area contributed by atoms with Gasteiger partial charge in [0.15, 0.2) is 0 Å². The van der Waals surface area contributed by atoms with E-state index in [0.29, 0.717) is 0 Å². The van der Waals surface area contributed by atoms with Crippen molar-refractivity contribution >= 4 is 62.5 Å². The summed E-state index contributed by atoms with van der Waals surface area (Å²) in [5.74, 6) is 0. The van der Waals surface area contributed by atoms with Gasteiger partial charge in [-0.1, -0.05) is 17.7 Å². The van der Waals surface area contributed by atoms with Crippen LogP contribution in [0, 0.1) is 7.40 Å².